The van der Waals surface area contributed by atoms with Crippen molar-refractivity contribution in [3.05, 3.63) is 87.9 Å². The highest BCUT2D eigenvalue weighted by atomic mass is 35.5. The first-order valence-corrected chi connectivity index (χ1v) is 13.2. The van der Waals surface area contributed by atoms with E-state index in [1.807, 2.05) is 44.2 Å². The van der Waals surface area contributed by atoms with Gasteiger partial charge < -0.3 is 15.5 Å². The molecule has 0 aliphatic carbocycles. The number of nitrogens with one attached hydrogen (secondary N) is 3. The Hall–Kier alpha value is -3.07. The van der Waals surface area contributed by atoms with Crippen LogP contribution >= 0.6 is 11.6 Å². The Morgan fingerprint density at radius 3 is 2.49 bits per heavy atom. The lowest BCUT2D eigenvalue weighted by molar-refractivity contribution is 0.249. The van der Waals surface area contributed by atoms with Crippen molar-refractivity contribution >= 4 is 39.0 Å². The molecule has 0 radical (unpaired) electrons. The molecular weight excluding hydrogens is 484 g/mol. The molecule has 7 nitrogen and oxygen atoms in total. The van der Waals surface area contributed by atoms with E-state index in [9.17, 15) is 13.2 Å². The summed E-state index contributed by atoms with van der Waals surface area (Å²) in [5.41, 5.74) is 5.15. The summed E-state index contributed by atoms with van der Waals surface area (Å²) in [5, 5.41) is 6.20. The third kappa shape index (κ3) is 5.96. The molecule has 3 N–H and O–H groups in total. The van der Waals surface area contributed by atoms with E-state index in [0.29, 0.717) is 16.4 Å². The number of carbonyl (C=O) groups excluding carboxylic acids is 1. The number of amides is 2. The molecular formula is C26H29ClN4O3S. The molecule has 1 aliphatic heterocycles. The molecule has 0 fully saturated rings. The van der Waals surface area contributed by atoms with Crippen LogP contribution < -0.4 is 15.4 Å². The number of urea groups is 1. The minimum absolute atomic E-state index is 0.112. The summed E-state index contributed by atoms with van der Waals surface area (Å²) in [5.74, 6) is 0. The van der Waals surface area contributed by atoms with Gasteiger partial charge >= 0.3 is 6.03 Å². The largest absolute Gasteiger partial charge is 0.331 e. The molecule has 0 saturated heterocycles. The predicted octanol–water partition coefficient (Wildman–Crippen LogP) is 5.32. The van der Waals surface area contributed by atoms with Crippen molar-refractivity contribution in [2.45, 2.75) is 37.8 Å². The number of hydrogen-bond acceptors (Lipinski definition) is 4. The van der Waals surface area contributed by atoms with Gasteiger partial charge in [-0.25, -0.2) is 13.2 Å². The molecule has 0 bridgehead atoms. The van der Waals surface area contributed by atoms with Gasteiger partial charge in [-0.1, -0.05) is 35.9 Å². The first-order valence-electron chi connectivity index (χ1n) is 11.4. The number of nitrogens with zero attached hydrogens (tertiary/aromatic N) is 1. The van der Waals surface area contributed by atoms with Crippen LogP contribution in [0.3, 0.4) is 0 Å². The Labute approximate surface area is 211 Å². The zero-order valence-corrected chi connectivity index (χ0v) is 21.5. The van der Waals surface area contributed by atoms with Crippen LogP contribution in [-0.2, 0) is 23.0 Å². The third-order valence-electron chi connectivity index (χ3n) is 6.12. The van der Waals surface area contributed by atoms with Crippen LogP contribution in [0.5, 0.6) is 0 Å². The molecule has 0 aromatic heterocycles. The predicted molar refractivity (Wildman–Crippen MR) is 140 cm³/mol. The molecule has 0 spiro atoms. The van der Waals surface area contributed by atoms with Gasteiger partial charge in [0.25, 0.3) is 10.0 Å². The van der Waals surface area contributed by atoms with Crippen LogP contribution in [0.15, 0.2) is 65.6 Å². The molecule has 35 heavy (non-hydrogen) atoms. The maximum Gasteiger partial charge on any atom is 0.319 e. The van der Waals surface area contributed by atoms with Gasteiger partial charge in [0.1, 0.15) is 0 Å². The molecule has 1 unspecified atom stereocenters. The van der Waals surface area contributed by atoms with Gasteiger partial charge in [0.15, 0.2) is 0 Å². The lowest BCUT2D eigenvalue weighted by Gasteiger charge is -2.25. The van der Waals surface area contributed by atoms with Crippen molar-refractivity contribution in [3.8, 4) is 0 Å². The van der Waals surface area contributed by atoms with E-state index in [1.54, 1.807) is 18.2 Å². The summed E-state index contributed by atoms with van der Waals surface area (Å²) < 4.78 is 28.4. The van der Waals surface area contributed by atoms with Crippen LogP contribution in [0.4, 0.5) is 16.2 Å². The average Bonchev–Trinajstić information content (AvgIpc) is 2.81. The highest BCUT2D eigenvalue weighted by Crippen LogP contribution is 2.27. The molecule has 0 saturated carbocycles. The van der Waals surface area contributed by atoms with Crippen LogP contribution in [0, 0.1) is 6.92 Å². The number of benzene rings is 3. The summed E-state index contributed by atoms with van der Waals surface area (Å²) in [4.78, 5) is 14.8. The summed E-state index contributed by atoms with van der Waals surface area (Å²) in [7, 11) is -1.69. The number of halogens is 1. The lowest BCUT2D eigenvalue weighted by atomic mass is 10.00. The molecule has 9 heteroatoms. The van der Waals surface area contributed by atoms with Crippen LogP contribution in [-0.4, -0.2) is 32.9 Å². The van der Waals surface area contributed by atoms with Gasteiger partial charge in [-0.3, -0.25) is 4.72 Å². The van der Waals surface area contributed by atoms with Crippen molar-refractivity contribution < 1.29 is 13.2 Å². The number of hydrogen-bond donors (Lipinski definition) is 3. The van der Waals surface area contributed by atoms with E-state index in [4.69, 9.17) is 11.6 Å². The SMILES string of the molecule is Cc1cccc(C(C)NC(=O)Nc2ccc(S(=O)(=O)Nc3ccc4c(c3)CCN(C)C4)cc2)c1Cl. The Morgan fingerprint density at radius 2 is 1.74 bits per heavy atom. The van der Waals surface area contributed by atoms with Crippen LogP contribution in [0.25, 0.3) is 0 Å². The molecule has 3 aromatic carbocycles. The van der Waals surface area contributed by atoms with E-state index in [2.05, 4.69) is 27.3 Å². The lowest BCUT2D eigenvalue weighted by Crippen LogP contribution is -2.31. The van der Waals surface area contributed by atoms with Crippen molar-refractivity contribution in [1.82, 2.24) is 10.2 Å². The highest BCUT2D eigenvalue weighted by molar-refractivity contribution is 7.92. The Kier molecular flexibility index (Phi) is 7.35. The molecule has 1 heterocycles. The van der Waals surface area contributed by atoms with Gasteiger partial charge in [-0.05, 0) is 86.0 Å². The number of rotatable bonds is 6. The zero-order chi connectivity index (χ0) is 25.2. The van der Waals surface area contributed by atoms with Gasteiger partial charge in [0, 0.05) is 29.5 Å². The summed E-state index contributed by atoms with van der Waals surface area (Å²) in [6.07, 6.45) is 0.887. The fourth-order valence-corrected chi connectivity index (χ4v) is 5.47. The van der Waals surface area contributed by atoms with Crippen molar-refractivity contribution in [1.29, 1.82) is 0 Å². The number of anilines is 2. The second-order valence-corrected chi connectivity index (χ2v) is 11.0. The van der Waals surface area contributed by atoms with Gasteiger partial charge in [0.2, 0.25) is 0 Å². The van der Waals surface area contributed by atoms with Crippen LogP contribution in [0.1, 0.15) is 35.2 Å². The minimum atomic E-state index is -3.76. The van der Waals surface area contributed by atoms with Gasteiger partial charge in [0.05, 0.1) is 10.9 Å². The minimum Gasteiger partial charge on any atom is -0.331 e. The van der Waals surface area contributed by atoms with E-state index in [-0.39, 0.29) is 10.9 Å². The second kappa shape index (κ2) is 10.3. The highest BCUT2D eigenvalue weighted by Gasteiger charge is 2.18. The molecule has 4 rings (SSSR count). The summed E-state index contributed by atoms with van der Waals surface area (Å²) >= 11 is 6.35. The number of aryl methyl sites for hydroxylation is 1. The fourth-order valence-electron chi connectivity index (χ4n) is 4.14. The zero-order valence-electron chi connectivity index (χ0n) is 19.9. The number of fused-ring (bicyclic) bond motifs is 1. The fraction of sp³-hybridized carbons (Fsp3) is 0.269. The molecule has 184 valence electrons. The van der Waals surface area contributed by atoms with E-state index >= 15 is 0 Å². The Bertz CT molecular complexity index is 1340. The van der Waals surface area contributed by atoms with E-state index in [0.717, 1.165) is 36.2 Å². The van der Waals surface area contributed by atoms with E-state index < -0.39 is 16.1 Å². The summed E-state index contributed by atoms with van der Waals surface area (Å²) in [6.45, 7) is 5.57. The standard InChI is InChI=1S/C26H29ClN4O3S/c1-17-5-4-6-24(25(17)27)18(2)28-26(32)29-21-9-11-23(12-10-21)35(33,34)30-22-8-7-20-16-31(3)14-13-19(20)15-22/h4-12,15,18,30H,13-14,16H2,1-3H3,(H2,28,29,32). The van der Waals surface area contributed by atoms with Crippen LogP contribution in [0.2, 0.25) is 5.02 Å². The molecule has 1 aliphatic rings. The number of likely N-dealkylation sites (N-methyl/N-ethyl adjacent to an activating group) is 1. The van der Waals surface area contributed by atoms with Gasteiger partial charge in [-0.2, -0.15) is 0 Å². The first kappa shape index (κ1) is 25.0. The second-order valence-electron chi connectivity index (χ2n) is 8.90. The smallest absolute Gasteiger partial charge is 0.319 e. The maximum atomic E-state index is 12.9. The van der Waals surface area contributed by atoms with Crippen molar-refractivity contribution in [2.75, 3.05) is 23.6 Å². The van der Waals surface area contributed by atoms with Gasteiger partial charge in [-0.15, -0.1) is 0 Å². The topological polar surface area (TPSA) is 90.5 Å². The Balaban J connectivity index is 1.39. The van der Waals surface area contributed by atoms with E-state index in [1.165, 1.54) is 17.7 Å². The quantitative estimate of drug-likeness (QED) is 0.417. The number of sulfonamides is 1. The average molecular weight is 513 g/mol. The molecule has 3 aromatic rings. The first-order chi connectivity index (χ1) is 16.6. The Morgan fingerprint density at radius 1 is 1.03 bits per heavy atom. The van der Waals surface area contributed by atoms with Crippen molar-refractivity contribution in [2.24, 2.45) is 0 Å². The third-order valence-corrected chi connectivity index (χ3v) is 8.03. The summed E-state index contributed by atoms with van der Waals surface area (Å²) in [6, 6.07) is 16.7. The monoisotopic (exact) mass is 512 g/mol. The molecule has 2 amide bonds. The maximum absolute atomic E-state index is 12.9. The number of carbonyl (C=O) groups is 1. The molecule has 1 atom stereocenters. The normalized spacial score (nSPS) is 14.6. The van der Waals surface area contributed by atoms with Crippen molar-refractivity contribution in [3.63, 3.8) is 0 Å².